The summed E-state index contributed by atoms with van der Waals surface area (Å²) in [5.41, 5.74) is 1.01. The van der Waals surface area contributed by atoms with Crippen LogP contribution >= 0.6 is 0 Å². The van der Waals surface area contributed by atoms with E-state index in [-0.39, 0.29) is 24.0 Å². The van der Waals surface area contributed by atoms with Gasteiger partial charge in [-0.3, -0.25) is 4.79 Å². The molecule has 4 heteroatoms. The maximum absolute atomic E-state index is 12.7. The SMILES string of the molecule is O=C(NCc1ccccc1O)c1ccc(F)cc1. The minimum absolute atomic E-state index is 0.136. The average molecular weight is 245 g/mol. The molecule has 0 unspecified atom stereocenters. The van der Waals surface area contributed by atoms with Gasteiger partial charge in [0.15, 0.2) is 0 Å². The van der Waals surface area contributed by atoms with Crippen LogP contribution in [0.5, 0.6) is 5.75 Å². The van der Waals surface area contributed by atoms with E-state index in [0.29, 0.717) is 11.1 Å². The van der Waals surface area contributed by atoms with Crippen LogP contribution in [0.2, 0.25) is 0 Å². The van der Waals surface area contributed by atoms with E-state index in [1.807, 2.05) is 0 Å². The van der Waals surface area contributed by atoms with Gasteiger partial charge in [-0.15, -0.1) is 0 Å². The lowest BCUT2D eigenvalue weighted by atomic mass is 10.2. The van der Waals surface area contributed by atoms with Crippen LogP contribution in [0.4, 0.5) is 4.39 Å². The third kappa shape index (κ3) is 2.85. The molecule has 2 rings (SSSR count). The molecule has 2 aromatic carbocycles. The van der Waals surface area contributed by atoms with Crippen molar-refractivity contribution in [3.05, 3.63) is 65.5 Å². The van der Waals surface area contributed by atoms with E-state index >= 15 is 0 Å². The Morgan fingerprint density at radius 2 is 1.78 bits per heavy atom. The van der Waals surface area contributed by atoms with Gasteiger partial charge in [0, 0.05) is 17.7 Å². The number of hydrogen-bond acceptors (Lipinski definition) is 2. The molecule has 0 bridgehead atoms. The summed E-state index contributed by atoms with van der Waals surface area (Å²) >= 11 is 0. The van der Waals surface area contributed by atoms with Crippen molar-refractivity contribution in [1.29, 1.82) is 0 Å². The first kappa shape index (κ1) is 12.1. The molecule has 2 aromatic rings. The molecular formula is C14H12FNO2. The van der Waals surface area contributed by atoms with Gasteiger partial charge in [-0.1, -0.05) is 18.2 Å². The standard InChI is InChI=1S/C14H12FNO2/c15-12-7-5-10(6-8-12)14(18)16-9-11-3-1-2-4-13(11)17/h1-8,17H,9H2,(H,16,18). The number of carbonyl (C=O) groups excluding carboxylic acids is 1. The molecule has 3 nitrogen and oxygen atoms in total. The quantitative estimate of drug-likeness (QED) is 0.872. The van der Waals surface area contributed by atoms with Crippen LogP contribution in [0.15, 0.2) is 48.5 Å². The topological polar surface area (TPSA) is 49.3 Å². The highest BCUT2D eigenvalue weighted by atomic mass is 19.1. The van der Waals surface area contributed by atoms with Gasteiger partial charge in [0.1, 0.15) is 11.6 Å². The Balaban J connectivity index is 2.01. The van der Waals surface area contributed by atoms with Gasteiger partial charge in [0.2, 0.25) is 0 Å². The fourth-order valence-electron chi connectivity index (χ4n) is 1.54. The van der Waals surface area contributed by atoms with Crippen molar-refractivity contribution in [3.8, 4) is 5.75 Å². The highest BCUT2D eigenvalue weighted by Gasteiger charge is 2.06. The molecule has 0 aromatic heterocycles. The van der Waals surface area contributed by atoms with Crippen molar-refractivity contribution in [1.82, 2.24) is 5.32 Å². The summed E-state index contributed by atoms with van der Waals surface area (Å²) in [7, 11) is 0. The fourth-order valence-corrected chi connectivity index (χ4v) is 1.54. The lowest BCUT2D eigenvalue weighted by Crippen LogP contribution is -2.22. The Bertz CT molecular complexity index is 552. The van der Waals surface area contributed by atoms with Crippen LogP contribution in [0.3, 0.4) is 0 Å². The molecule has 1 amide bonds. The third-order valence-electron chi connectivity index (χ3n) is 2.54. The minimum Gasteiger partial charge on any atom is -0.508 e. The number of carbonyl (C=O) groups is 1. The summed E-state index contributed by atoms with van der Waals surface area (Å²) < 4.78 is 12.7. The molecule has 0 fully saturated rings. The zero-order valence-corrected chi connectivity index (χ0v) is 9.56. The number of halogens is 1. The van der Waals surface area contributed by atoms with Crippen molar-refractivity contribution in [3.63, 3.8) is 0 Å². The summed E-state index contributed by atoms with van der Waals surface area (Å²) in [6.07, 6.45) is 0. The van der Waals surface area contributed by atoms with Gasteiger partial charge >= 0.3 is 0 Å². The van der Waals surface area contributed by atoms with E-state index in [9.17, 15) is 14.3 Å². The number of benzene rings is 2. The van der Waals surface area contributed by atoms with Gasteiger partial charge < -0.3 is 10.4 Å². The molecule has 0 aliphatic heterocycles. The molecule has 0 spiro atoms. The van der Waals surface area contributed by atoms with Crippen LogP contribution in [0, 0.1) is 5.82 Å². The van der Waals surface area contributed by atoms with E-state index < -0.39 is 0 Å². The second-order valence-electron chi connectivity index (χ2n) is 3.82. The molecule has 0 radical (unpaired) electrons. The number of para-hydroxylation sites is 1. The summed E-state index contributed by atoms with van der Waals surface area (Å²) in [6, 6.07) is 12.0. The maximum Gasteiger partial charge on any atom is 0.251 e. The number of phenolic OH excluding ortho intramolecular Hbond substituents is 1. The molecule has 18 heavy (non-hydrogen) atoms. The molecule has 0 saturated carbocycles. The summed E-state index contributed by atoms with van der Waals surface area (Å²) in [6.45, 7) is 0.225. The van der Waals surface area contributed by atoms with Gasteiger partial charge in [-0.2, -0.15) is 0 Å². The highest BCUT2D eigenvalue weighted by molar-refractivity contribution is 5.94. The number of rotatable bonds is 3. The van der Waals surface area contributed by atoms with Gasteiger partial charge in [0.25, 0.3) is 5.91 Å². The summed E-state index contributed by atoms with van der Waals surface area (Å²) in [5, 5.41) is 12.2. The van der Waals surface area contributed by atoms with Crippen molar-refractivity contribution >= 4 is 5.91 Å². The first-order valence-corrected chi connectivity index (χ1v) is 5.47. The lowest BCUT2D eigenvalue weighted by molar-refractivity contribution is 0.0950. The Labute approximate surface area is 104 Å². The van der Waals surface area contributed by atoms with Gasteiger partial charge in [-0.05, 0) is 30.3 Å². The second-order valence-corrected chi connectivity index (χ2v) is 3.82. The van der Waals surface area contributed by atoms with Crippen LogP contribution in [0.1, 0.15) is 15.9 Å². The van der Waals surface area contributed by atoms with Crippen LogP contribution in [0.25, 0.3) is 0 Å². The fraction of sp³-hybridized carbons (Fsp3) is 0.0714. The molecule has 0 heterocycles. The largest absolute Gasteiger partial charge is 0.508 e. The predicted octanol–water partition coefficient (Wildman–Crippen LogP) is 2.46. The monoisotopic (exact) mass is 245 g/mol. The molecule has 0 aliphatic carbocycles. The van der Waals surface area contributed by atoms with E-state index in [2.05, 4.69) is 5.32 Å². The maximum atomic E-state index is 12.7. The number of aromatic hydroxyl groups is 1. The summed E-state index contributed by atoms with van der Waals surface area (Å²) in [4.78, 5) is 11.7. The first-order chi connectivity index (χ1) is 8.66. The zero-order valence-electron chi connectivity index (χ0n) is 9.56. The van der Waals surface area contributed by atoms with Crippen LogP contribution in [-0.4, -0.2) is 11.0 Å². The van der Waals surface area contributed by atoms with Crippen LogP contribution in [-0.2, 0) is 6.54 Å². The smallest absolute Gasteiger partial charge is 0.251 e. The predicted molar refractivity (Wildman–Crippen MR) is 65.7 cm³/mol. The lowest BCUT2D eigenvalue weighted by Gasteiger charge is -2.06. The van der Waals surface area contributed by atoms with E-state index in [0.717, 1.165) is 0 Å². The highest BCUT2D eigenvalue weighted by Crippen LogP contribution is 2.15. The first-order valence-electron chi connectivity index (χ1n) is 5.47. The van der Waals surface area contributed by atoms with Crippen LogP contribution < -0.4 is 5.32 Å². The number of nitrogens with one attached hydrogen (secondary N) is 1. The van der Waals surface area contributed by atoms with Gasteiger partial charge in [-0.25, -0.2) is 4.39 Å². The molecule has 0 saturated heterocycles. The third-order valence-corrected chi connectivity index (χ3v) is 2.54. The van der Waals surface area contributed by atoms with Crippen molar-refractivity contribution in [2.75, 3.05) is 0 Å². The number of hydrogen-bond donors (Lipinski definition) is 2. The average Bonchev–Trinajstić information content (AvgIpc) is 2.38. The number of amides is 1. The number of phenols is 1. The Kier molecular flexibility index (Phi) is 3.57. The minimum atomic E-state index is -0.382. The van der Waals surface area contributed by atoms with Crippen molar-refractivity contribution in [2.45, 2.75) is 6.54 Å². The Morgan fingerprint density at radius 3 is 2.44 bits per heavy atom. The van der Waals surface area contributed by atoms with E-state index in [1.54, 1.807) is 24.3 Å². The molecule has 2 N–H and O–H groups in total. The second kappa shape index (κ2) is 5.31. The van der Waals surface area contributed by atoms with Gasteiger partial charge in [0.05, 0.1) is 0 Å². The molecule has 92 valence electrons. The molecular weight excluding hydrogens is 233 g/mol. The van der Waals surface area contributed by atoms with E-state index in [4.69, 9.17) is 0 Å². The zero-order chi connectivity index (χ0) is 13.0. The van der Waals surface area contributed by atoms with Crippen molar-refractivity contribution < 1.29 is 14.3 Å². The van der Waals surface area contributed by atoms with E-state index in [1.165, 1.54) is 24.3 Å². The Hall–Kier alpha value is -2.36. The summed E-state index contributed by atoms with van der Waals surface area (Å²) in [5.74, 6) is -0.553. The Morgan fingerprint density at radius 1 is 1.11 bits per heavy atom. The molecule has 0 aliphatic rings. The van der Waals surface area contributed by atoms with Crippen molar-refractivity contribution in [2.24, 2.45) is 0 Å². The normalized spacial score (nSPS) is 10.1. The molecule has 0 atom stereocenters.